The smallest absolute Gasteiger partial charge is 0.354 e. The first-order chi connectivity index (χ1) is 55.6. The number of carboxylic acid groups (broad SMARTS) is 1. The number of anilines is 3. The van der Waals surface area contributed by atoms with Crippen molar-refractivity contribution in [2.24, 2.45) is 49.0 Å². The largest absolute Gasteiger partial charge is 0.481 e. The second kappa shape index (κ2) is 39.0. The molecule has 3 atom stereocenters. The number of aliphatic carboxylic acids is 1. The number of hydrogen-bond acceptors (Lipinski definition) is 13. The van der Waals surface area contributed by atoms with Gasteiger partial charge in [0.1, 0.15) is 29.7 Å². The molecule has 2 heterocycles. The molecule has 6 aromatic carbocycles. The molecule has 116 heavy (non-hydrogen) atoms. The average Bonchev–Trinajstić information content (AvgIpc) is 1.62. The lowest BCUT2D eigenvalue weighted by atomic mass is 9.99. The zero-order valence-electron chi connectivity index (χ0n) is 66.5. The van der Waals surface area contributed by atoms with Crippen LogP contribution < -0.4 is 31.4 Å². The van der Waals surface area contributed by atoms with Crippen molar-refractivity contribution in [2.75, 3.05) is 30.0 Å². The average molecular weight is 1630 g/mol. The molecule has 0 aromatic heterocycles. The maximum atomic E-state index is 13.2. The van der Waals surface area contributed by atoms with Crippen molar-refractivity contribution in [3.63, 3.8) is 0 Å². The van der Waals surface area contributed by atoms with Crippen LogP contribution in [0.3, 0.4) is 0 Å². The first-order valence-corrected chi connectivity index (χ1v) is 44.7. The highest BCUT2D eigenvalue weighted by Gasteiger charge is 2.41. The summed E-state index contributed by atoms with van der Waals surface area (Å²) < 4.78 is 50.9. The van der Waals surface area contributed by atoms with Crippen molar-refractivity contribution in [2.45, 2.75) is 245 Å². The number of urea groups is 3. The Morgan fingerprint density at radius 3 is 1.06 bits per heavy atom. The number of amides is 8. The second-order valence-corrected chi connectivity index (χ2v) is 36.1. The van der Waals surface area contributed by atoms with Crippen molar-refractivity contribution in [1.29, 1.82) is 0 Å². The van der Waals surface area contributed by atoms with E-state index < -0.39 is 65.1 Å². The minimum Gasteiger partial charge on any atom is -0.481 e. The molecule has 0 saturated heterocycles. The molecule has 0 fully saturated rings. The molecule has 0 radical (unpaired) electrons. The lowest BCUT2D eigenvalue weighted by Crippen LogP contribution is -2.27. The van der Waals surface area contributed by atoms with E-state index in [0.29, 0.717) is 82.2 Å². The van der Waals surface area contributed by atoms with E-state index in [1.807, 2.05) is 24.3 Å². The lowest BCUT2D eigenvalue weighted by molar-refractivity contribution is -0.137. The van der Waals surface area contributed by atoms with E-state index in [4.69, 9.17) is 39.8 Å². The summed E-state index contributed by atoms with van der Waals surface area (Å²) in [6.45, 7) is 2.88. The van der Waals surface area contributed by atoms with Gasteiger partial charge < -0.3 is 30.9 Å². The van der Waals surface area contributed by atoms with Gasteiger partial charge in [0.05, 0.1) is 14.7 Å². The van der Waals surface area contributed by atoms with Crippen molar-refractivity contribution < 1.29 is 46.5 Å². The van der Waals surface area contributed by atoms with Crippen LogP contribution >= 0.6 is 0 Å². The molecule has 6 aliphatic carbocycles. The van der Waals surface area contributed by atoms with Crippen molar-refractivity contribution in [3.8, 4) is 37.0 Å². The van der Waals surface area contributed by atoms with Gasteiger partial charge >= 0.3 is 24.1 Å². The molecule has 14 rings (SSSR count). The number of fused-ring (bicyclic) bond motifs is 6. The van der Waals surface area contributed by atoms with Crippen LogP contribution in [0.25, 0.3) is 0 Å². The Bertz CT molecular complexity index is 5290. The number of allylic oxidation sites excluding steroid dienone is 2. The molecular formula is C88H105N15O10S3. The Kier molecular flexibility index (Phi) is 29.0. The van der Waals surface area contributed by atoms with E-state index in [0.717, 1.165) is 162 Å². The minimum atomic E-state index is -3.45. The first kappa shape index (κ1) is 86.4. The Morgan fingerprint density at radius 2 is 0.767 bits per heavy atom. The molecule has 0 saturated carbocycles. The Labute approximate surface area is 682 Å². The predicted octanol–water partition coefficient (Wildman–Crippen LogP) is 15.8. The van der Waals surface area contributed by atoms with Crippen LogP contribution in [0.4, 0.5) is 31.4 Å². The van der Waals surface area contributed by atoms with Gasteiger partial charge in [0.25, 0.3) is 0 Å². The first-order valence-electron chi connectivity index (χ1n) is 40.0. The normalized spacial score (nSPS) is 16.6. The zero-order valence-corrected chi connectivity index (χ0v) is 68.9. The Morgan fingerprint density at radius 1 is 0.457 bits per heavy atom. The van der Waals surface area contributed by atoms with Crippen molar-refractivity contribution in [3.05, 3.63) is 187 Å². The van der Waals surface area contributed by atoms with Crippen LogP contribution in [0.15, 0.2) is 151 Å². The SMILES string of the molecule is C#CC/C=C/CCC(=O)N(C)Cc1ccc(S(N)(=O)=NC(=O)Nc2c3c(cc4c2CCC4)CCC3)cc1.C#CCCC1(CCC(=O)N(C)Cc2ccc(S(N)(=O)=NC(=O)Nc3c4c(cc5c3CCC5)CCC4)cc2)N=N1.C#CCCC1(CCC(=O)O)N=N1.CCCc1ccc(S(N)(=O)=NC(=O)Nc2c3c(cc4c2CCC4)CCC3)cc1. The van der Waals surface area contributed by atoms with Gasteiger partial charge in [-0.15, -0.1) is 50.1 Å². The topological polar surface area (TPSA) is 381 Å². The summed E-state index contributed by atoms with van der Waals surface area (Å²) in [6, 6.07) is 25.5. The molecule has 8 amide bonds. The Hall–Kier alpha value is -10.5. The van der Waals surface area contributed by atoms with Gasteiger partial charge in [-0.3, -0.25) is 14.4 Å². The summed E-state index contributed by atoms with van der Waals surface area (Å²) >= 11 is 0. The van der Waals surface area contributed by atoms with Crippen molar-refractivity contribution >= 4 is 82.7 Å². The van der Waals surface area contributed by atoms with E-state index in [9.17, 15) is 41.4 Å². The lowest BCUT2D eigenvalue weighted by Gasteiger charge is -2.18. The third-order valence-corrected chi connectivity index (χ3v) is 26.4. The van der Waals surface area contributed by atoms with Crippen LogP contribution in [0.2, 0.25) is 0 Å². The molecular weight excluding hydrogens is 1520 g/mol. The van der Waals surface area contributed by atoms with Gasteiger partial charge in [-0.1, -0.05) is 80.1 Å². The number of carbonyl (C=O) groups is 6. The van der Waals surface area contributed by atoms with Crippen LogP contribution in [0.1, 0.15) is 206 Å². The zero-order chi connectivity index (χ0) is 82.8. The van der Waals surface area contributed by atoms with Gasteiger partial charge in [-0.05, 0) is 248 Å². The number of terminal acetylenes is 3. The number of hydrogen-bond donors (Lipinski definition) is 7. The van der Waals surface area contributed by atoms with E-state index in [1.165, 1.54) is 66.8 Å². The number of rotatable bonds is 26. The van der Waals surface area contributed by atoms with Crippen LogP contribution in [0.5, 0.6) is 0 Å². The molecule has 28 heteroatoms. The number of benzene rings is 6. The number of nitrogens with one attached hydrogen (secondary N) is 3. The molecule has 610 valence electrons. The molecule has 0 spiro atoms. The second-order valence-electron chi connectivity index (χ2n) is 30.7. The number of carbonyl (C=O) groups excluding carboxylic acids is 5. The van der Waals surface area contributed by atoms with E-state index in [2.05, 4.69) is 92.4 Å². The fraction of sp³-hybridized carbons (Fsp3) is 0.432. The molecule has 2 aliphatic heterocycles. The number of carboxylic acids is 1. The predicted molar refractivity (Wildman–Crippen MR) is 453 cm³/mol. The number of nitrogens with two attached hydrogens (primary N) is 3. The van der Waals surface area contributed by atoms with Gasteiger partial charge in [-0.2, -0.15) is 20.5 Å². The summed E-state index contributed by atoms with van der Waals surface area (Å²) in [5.41, 5.74) is 19.5. The Balaban J connectivity index is 0.000000161. The minimum absolute atomic E-state index is 0.0163. The van der Waals surface area contributed by atoms with Gasteiger partial charge in [0, 0.05) is 108 Å². The molecule has 6 aromatic rings. The van der Waals surface area contributed by atoms with Crippen LogP contribution in [-0.4, -0.2) is 88.8 Å². The summed E-state index contributed by atoms with van der Waals surface area (Å²) in [7, 11) is -6.68. The molecule has 25 nitrogen and oxygen atoms in total. The maximum Gasteiger partial charge on any atom is 0.354 e. The fourth-order valence-electron chi connectivity index (χ4n) is 16.1. The summed E-state index contributed by atoms with van der Waals surface area (Å²) in [5.74, 6) is 6.78. The maximum absolute atomic E-state index is 13.2. The van der Waals surface area contributed by atoms with E-state index >= 15 is 0 Å². The van der Waals surface area contributed by atoms with Gasteiger partial charge in [0.15, 0.2) is 11.3 Å². The highest BCUT2D eigenvalue weighted by molar-refractivity contribution is 7.92. The molecule has 8 aliphatic rings. The quantitative estimate of drug-likeness (QED) is 0.0199. The standard InChI is InChI=1S/C29H34N6O3S.C29H34N4O3S.C22H27N3O2S.C8H10N2O2/c1-3-4-16-29(33-34-29)17-15-26(36)35(2)19-20-11-13-23(14-12-20)39(30,38)32-28(37)31-27-24-9-5-7-21(24)18-22-8-6-10-25(22)27;1-3-4-5-6-7-14-27(34)33(2)20-21-15-17-24(18-16-21)37(30,36)32-29(35)31-28-25-12-8-10-22(25)19-23-11-9-13-26(23)28;1-2-5-15-10-12-18(13-11-15)28(23,27)25-22(26)24-21-19-8-3-6-16(19)14-17-7-4-9-20(17)21;1-2-3-5-8(9-10-8)6-4-7(11)12/h1,11-14,18H,4-10,15-17,19H2,2H3,(H3,30,31,32,37,38);1,5-6,15-19H,4,7-14,20H2,2H3,(H3,30,31,32,35,36);10-14H,2-9H2,1H3,(H3,23,24,25,26,27);1H,3-6H2,(H,11,12)/b;6-5+;;. The van der Waals surface area contributed by atoms with Gasteiger partial charge in [-0.25, -0.2) is 42.4 Å². The third-order valence-electron chi connectivity index (χ3n) is 22.3. The molecule has 3 unspecified atom stereocenters. The highest BCUT2D eigenvalue weighted by atomic mass is 32.2. The number of nitrogens with zero attached hydrogens (tertiary/aromatic N) is 9. The van der Waals surface area contributed by atoms with Crippen LogP contribution in [-0.2, 0) is 141 Å². The molecule has 10 N–H and O–H groups in total. The monoisotopic (exact) mass is 1630 g/mol. The van der Waals surface area contributed by atoms with Gasteiger partial charge in [0.2, 0.25) is 11.8 Å². The van der Waals surface area contributed by atoms with E-state index in [1.54, 1.807) is 84.6 Å². The highest BCUT2D eigenvalue weighted by Crippen LogP contribution is 2.43. The molecule has 0 bridgehead atoms. The van der Waals surface area contributed by atoms with Crippen molar-refractivity contribution in [1.82, 2.24) is 9.80 Å². The van der Waals surface area contributed by atoms with E-state index in [-0.39, 0.29) is 28.0 Å². The summed E-state index contributed by atoms with van der Waals surface area (Å²) in [5, 5.41) is 51.0. The third kappa shape index (κ3) is 22.8. The number of aryl methyl sites for hydroxylation is 7. The van der Waals surface area contributed by atoms with Crippen LogP contribution in [0, 0.1) is 37.0 Å². The fourth-order valence-corrected chi connectivity index (χ4v) is 18.8. The summed E-state index contributed by atoms with van der Waals surface area (Å²) in [4.78, 5) is 77.7. The summed E-state index contributed by atoms with van der Waals surface area (Å²) in [6.07, 6.45) is 45.3.